The van der Waals surface area contributed by atoms with Gasteiger partial charge in [0.05, 0.1) is 16.1 Å². The van der Waals surface area contributed by atoms with Gasteiger partial charge in [-0.1, -0.05) is 82.7 Å². The largest absolute Gasteiger partial charge is 0.416 e. The maximum Gasteiger partial charge on any atom is 0.416 e. The van der Waals surface area contributed by atoms with Crippen molar-refractivity contribution >= 4 is 43.5 Å². The summed E-state index contributed by atoms with van der Waals surface area (Å²) in [5.74, 6) is -1.25. The second-order valence-corrected chi connectivity index (χ2v) is 14.7. The molecule has 0 saturated heterocycles. The first-order valence-electron chi connectivity index (χ1n) is 14.7. The molecule has 2 amide bonds. The van der Waals surface area contributed by atoms with Crippen LogP contribution in [0.3, 0.4) is 0 Å². The summed E-state index contributed by atoms with van der Waals surface area (Å²) in [6.45, 7) is 4.44. The number of nitrogens with one attached hydrogen (secondary N) is 1. The average molecular weight is 731 g/mol. The van der Waals surface area contributed by atoms with E-state index in [9.17, 15) is 31.2 Å². The van der Waals surface area contributed by atoms with Crippen LogP contribution in [0.2, 0.25) is 0 Å². The van der Waals surface area contributed by atoms with Gasteiger partial charge in [0.15, 0.2) is 0 Å². The van der Waals surface area contributed by atoms with Gasteiger partial charge in [-0.05, 0) is 74.4 Å². The van der Waals surface area contributed by atoms with Crippen molar-refractivity contribution in [3.05, 3.63) is 130 Å². The molecular formula is C35H35BrF3N3O4S. The zero-order valence-electron chi connectivity index (χ0n) is 26.0. The minimum Gasteiger partial charge on any atom is -0.350 e. The highest BCUT2D eigenvalue weighted by Gasteiger charge is 2.37. The van der Waals surface area contributed by atoms with E-state index in [0.717, 1.165) is 22.2 Å². The predicted octanol–water partition coefficient (Wildman–Crippen LogP) is 7.22. The number of hydrogen-bond donors (Lipinski definition) is 1. The average Bonchev–Trinajstić information content (AvgIpc) is 3.02. The molecule has 0 aliphatic rings. The van der Waals surface area contributed by atoms with E-state index in [1.54, 1.807) is 63.2 Å². The van der Waals surface area contributed by atoms with Crippen molar-refractivity contribution in [1.82, 2.24) is 10.2 Å². The number of carbonyl (C=O) groups excluding carboxylic acids is 2. The molecule has 1 N–H and O–H groups in total. The molecule has 4 aromatic rings. The van der Waals surface area contributed by atoms with Crippen LogP contribution in [0, 0.1) is 0 Å². The standard InChI is InChI=1S/C35H35BrF3N3O4S/c1-34(2,3)40-33(44)31(21-25-11-6-4-7-12-25)41(23-26-17-19-28(36)20-18-26)32(43)24-42(47(45,46)30-15-8-5-9-16-30)29-14-10-13-27(22-29)35(37,38)39/h4-20,22,31H,21,23-24H2,1-3H3,(H,40,44)/t31-/m1/s1. The van der Waals surface area contributed by atoms with Gasteiger partial charge in [-0.15, -0.1) is 0 Å². The second-order valence-electron chi connectivity index (χ2n) is 12.0. The number of anilines is 1. The quantitative estimate of drug-likeness (QED) is 0.177. The normalized spacial score (nSPS) is 12.7. The monoisotopic (exact) mass is 729 g/mol. The lowest BCUT2D eigenvalue weighted by Gasteiger charge is -2.35. The highest BCUT2D eigenvalue weighted by molar-refractivity contribution is 9.10. The van der Waals surface area contributed by atoms with Crippen LogP contribution in [0.1, 0.15) is 37.5 Å². The zero-order valence-corrected chi connectivity index (χ0v) is 28.4. The zero-order chi connectivity index (χ0) is 34.4. The van der Waals surface area contributed by atoms with Crippen LogP contribution in [0.5, 0.6) is 0 Å². The maximum atomic E-state index is 14.5. The fourth-order valence-electron chi connectivity index (χ4n) is 4.88. The Labute approximate surface area is 281 Å². The van der Waals surface area contributed by atoms with E-state index >= 15 is 0 Å². The molecule has 4 rings (SSSR count). The maximum absolute atomic E-state index is 14.5. The molecule has 0 radical (unpaired) electrons. The first kappa shape index (κ1) is 35.7. The van der Waals surface area contributed by atoms with Crippen LogP contribution in [0.25, 0.3) is 0 Å². The number of alkyl halides is 3. The van der Waals surface area contributed by atoms with E-state index in [1.807, 2.05) is 18.2 Å². The topological polar surface area (TPSA) is 86.8 Å². The number of amides is 2. The summed E-state index contributed by atoms with van der Waals surface area (Å²) in [5.41, 5.74) is -0.686. The van der Waals surface area contributed by atoms with E-state index in [2.05, 4.69) is 21.2 Å². The number of nitrogens with zero attached hydrogens (tertiary/aromatic N) is 2. The fraction of sp³-hybridized carbons (Fsp3) is 0.257. The molecule has 47 heavy (non-hydrogen) atoms. The van der Waals surface area contributed by atoms with Gasteiger partial charge in [0.25, 0.3) is 10.0 Å². The molecule has 0 bridgehead atoms. The third kappa shape index (κ3) is 9.68. The third-order valence-electron chi connectivity index (χ3n) is 7.11. The van der Waals surface area contributed by atoms with Gasteiger partial charge in [0.2, 0.25) is 11.8 Å². The van der Waals surface area contributed by atoms with E-state index in [1.165, 1.54) is 35.2 Å². The predicted molar refractivity (Wildman–Crippen MR) is 179 cm³/mol. The van der Waals surface area contributed by atoms with Gasteiger partial charge in [0.1, 0.15) is 12.6 Å². The van der Waals surface area contributed by atoms with Crippen LogP contribution in [-0.4, -0.2) is 43.3 Å². The van der Waals surface area contributed by atoms with Gasteiger partial charge in [0, 0.05) is 23.0 Å². The molecule has 0 saturated carbocycles. The Morgan fingerprint density at radius 2 is 1.40 bits per heavy atom. The lowest BCUT2D eigenvalue weighted by molar-refractivity contribution is -0.140. The van der Waals surface area contributed by atoms with Gasteiger partial charge in [-0.25, -0.2) is 8.42 Å². The Kier molecular flexibility index (Phi) is 11.2. The Morgan fingerprint density at radius 3 is 1.98 bits per heavy atom. The first-order valence-corrected chi connectivity index (χ1v) is 16.9. The van der Waals surface area contributed by atoms with Crippen molar-refractivity contribution in [1.29, 1.82) is 0 Å². The number of sulfonamides is 1. The summed E-state index contributed by atoms with van der Waals surface area (Å²) in [7, 11) is -4.55. The molecule has 0 unspecified atom stereocenters. The molecule has 1 atom stereocenters. The van der Waals surface area contributed by atoms with E-state index in [4.69, 9.17) is 0 Å². The van der Waals surface area contributed by atoms with Crippen molar-refractivity contribution < 1.29 is 31.2 Å². The SMILES string of the molecule is CC(C)(C)NC(=O)[C@@H](Cc1ccccc1)N(Cc1ccc(Br)cc1)C(=O)CN(c1cccc(C(F)(F)F)c1)S(=O)(=O)c1ccccc1. The number of rotatable bonds is 11. The fourth-order valence-corrected chi connectivity index (χ4v) is 6.57. The summed E-state index contributed by atoms with van der Waals surface area (Å²) < 4.78 is 70.8. The number of halogens is 4. The molecule has 248 valence electrons. The van der Waals surface area contributed by atoms with Crippen molar-refractivity contribution in [2.24, 2.45) is 0 Å². The summed E-state index contributed by atoms with van der Waals surface area (Å²) in [6.07, 6.45) is -4.67. The van der Waals surface area contributed by atoms with Gasteiger partial charge in [-0.3, -0.25) is 13.9 Å². The molecule has 7 nitrogen and oxygen atoms in total. The van der Waals surface area contributed by atoms with Crippen LogP contribution in [0.15, 0.2) is 119 Å². The van der Waals surface area contributed by atoms with E-state index in [-0.39, 0.29) is 23.5 Å². The van der Waals surface area contributed by atoms with Crippen LogP contribution in [0.4, 0.5) is 18.9 Å². The molecule has 0 aromatic heterocycles. The van der Waals surface area contributed by atoms with Crippen LogP contribution >= 0.6 is 15.9 Å². The molecule has 0 aliphatic carbocycles. The molecule has 12 heteroatoms. The van der Waals surface area contributed by atoms with Crippen molar-refractivity contribution in [2.45, 2.75) is 56.4 Å². The van der Waals surface area contributed by atoms with Crippen molar-refractivity contribution in [2.75, 3.05) is 10.8 Å². The van der Waals surface area contributed by atoms with E-state index in [0.29, 0.717) is 15.9 Å². The lowest BCUT2D eigenvalue weighted by atomic mass is 10.0. The van der Waals surface area contributed by atoms with Gasteiger partial charge >= 0.3 is 6.18 Å². The van der Waals surface area contributed by atoms with Crippen molar-refractivity contribution in [3.63, 3.8) is 0 Å². The molecule has 0 aliphatic heterocycles. The summed E-state index contributed by atoms with van der Waals surface area (Å²) in [6, 6.07) is 26.0. The highest BCUT2D eigenvalue weighted by atomic mass is 79.9. The second kappa shape index (κ2) is 14.7. The highest BCUT2D eigenvalue weighted by Crippen LogP contribution is 2.33. The Hall–Kier alpha value is -4.16. The first-order chi connectivity index (χ1) is 22.0. The van der Waals surface area contributed by atoms with Gasteiger partial charge in [-0.2, -0.15) is 13.2 Å². The summed E-state index contributed by atoms with van der Waals surface area (Å²) >= 11 is 3.39. The number of carbonyl (C=O) groups is 2. The van der Waals surface area contributed by atoms with Crippen LogP contribution in [-0.2, 0) is 38.8 Å². The Balaban J connectivity index is 1.85. The lowest BCUT2D eigenvalue weighted by Crippen LogP contribution is -2.56. The molecule has 0 fully saturated rings. The molecule has 0 spiro atoms. The number of benzene rings is 4. The smallest absolute Gasteiger partial charge is 0.350 e. The molecule has 0 heterocycles. The molecular weight excluding hydrogens is 695 g/mol. The minimum absolute atomic E-state index is 0.0804. The number of hydrogen-bond acceptors (Lipinski definition) is 4. The summed E-state index contributed by atoms with van der Waals surface area (Å²) in [5, 5.41) is 2.94. The molecule has 4 aromatic carbocycles. The van der Waals surface area contributed by atoms with E-state index < -0.39 is 51.7 Å². The summed E-state index contributed by atoms with van der Waals surface area (Å²) in [4.78, 5) is 29.5. The third-order valence-corrected chi connectivity index (χ3v) is 9.42. The van der Waals surface area contributed by atoms with Crippen LogP contribution < -0.4 is 9.62 Å². The van der Waals surface area contributed by atoms with Gasteiger partial charge < -0.3 is 10.2 Å². The Morgan fingerprint density at radius 1 is 0.809 bits per heavy atom. The van der Waals surface area contributed by atoms with Crippen molar-refractivity contribution in [3.8, 4) is 0 Å². The Bertz CT molecular complexity index is 1780. The minimum atomic E-state index is -4.76.